The van der Waals surface area contributed by atoms with Crippen molar-refractivity contribution < 1.29 is 4.74 Å². The van der Waals surface area contributed by atoms with E-state index < -0.39 is 0 Å². The number of hydrogen-bond acceptors (Lipinski definition) is 3. The summed E-state index contributed by atoms with van der Waals surface area (Å²) in [5.74, 6) is 0.913. The molecule has 1 N–H and O–H groups in total. The summed E-state index contributed by atoms with van der Waals surface area (Å²) in [4.78, 5) is 9.01. The summed E-state index contributed by atoms with van der Waals surface area (Å²) in [5, 5.41) is 1.39. The molecule has 4 heteroatoms. The lowest BCUT2D eigenvalue weighted by Gasteiger charge is -2.43. The standard InChI is InChI=1S/C24H27N3O/c1-3-12-26-16-23-24-21(20-6-4-5-7-22(20)25-24)13-18(26)15-27(23)14-17-8-10-19(28-2)11-9-17/h3-11,18,23,25H,1,12-16H2,2H3/t18-,23+/m1/s1. The Bertz CT molecular complexity index is 991. The Morgan fingerprint density at radius 3 is 2.71 bits per heavy atom. The van der Waals surface area contributed by atoms with E-state index in [-0.39, 0.29) is 0 Å². The molecule has 0 saturated carbocycles. The van der Waals surface area contributed by atoms with Gasteiger partial charge in [0.05, 0.1) is 13.2 Å². The number of rotatable bonds is 5. The SMILES string of the molecule is C=CCN1C[C@H]2c3[nH]c4ccccc4c3C[C@@H]1CN2Cc1ccc(OC)cc1. The van der Waals surface area contributed by atoms with Crippen molar-refractivity contribution in [2.24, 2.45) is 0 Å². The molecule has 144 valence electrons. The van der Waals surface area contributed by atoms with Gasteiger partial charge in [0.15, 0.2) is 0 Å². The number of para-hydroxylation sites is 1. The topological polar surface area (TPSA) is 31.5 Å². The van der Waals surface area contributed by atoms with Crippen LogP contribution in [0, 0.1) is 0 Å². The molecular formula is C24H27N3O. The number of methoxy groups -OCH3 is 1. The van der Waals surface area contributed by atoms with Crippen LogP contribution in [0.2, 0.25) is 0 Å². The van der Waals surface area contributed by atoms with Gasteiger partial charge >= 0.3 is 0 Å². The Kier molecular flexibility index (Phi) is 4.46. The molecule has 4 nitrogen and oxygen atoms in total. The normalized spacial score (nSPS) is 22.2. The highest BCUT2D eigenvalue weighted by Crippen LogP contribution is 2.39. The molecule has 0 unspecified atom stereocenters. The first-order valence-corrected chi connectivity index (χ1v) is 10.1. The largest absolute Gasteiger partial charge is 0.497 e. The molecule has 0 spiro atoms. The van der Waals surface area contributed by atoms with Gasteiger partial charge in [0.25, 0.3) is 0 Å². The zero-order valence-electron chi connectivity index (χ0n) is 16.4. The fourth-order valence-corrected chi connectivity index (χ4v) is 4.96. The third-order valence-electron chi connectivity index (χ3n) is 6.34. The van der Waals surface area contributed by atoms with E-state index in [1.165, 1.54) is 27.7 Å². The molecule has 0 radical (unpaired) electrons. The van der Waals surface area contributed by atoms with E-state index in [1.54, 1.807) is 7.11 Å². The van der Waals surface area contributed by atoms with Crippen LogP contribution in [0.25, 0.3) is 10.9 Å². The second kappa shape index (κ2) is 7.12. The zero-order valence-corrected chi connectivity index (χ0v) is 16.4. The lowest BCUT2D eigenvalue weighted by atomic mass is 10.0. The lowest BCUT2D eigenvalue weighted by molar-refractivity contribution is 0.0365. The number of nitrogens with zero attached hydrogens (tertiary/aromatic N) is 2. The van der Waals surface area contributed by atoms with Gasteiger partial charge in [-0.05, 0) is 35.7 Å². The van der Waals surface area contributed by atoms with Crippen LogP contribution in [0.1, 0.15) is 22.9 Å². The molecule has 3 aliphatic heterocycles. The fourth-order valence-electron chi connectivity index (χ4n) is 4.96. The number of aromatic nitrogens is 1. The third-order valence-corrected chi connectivity index (χ3v) is 6.34. The van der Waals surface area contributed by atoms with Crippen LogP contribution in [-0.4, -0.2) is 47.6 Å². The summed E-state index contributed by atoms with van der Waals surface area (Å²) in [6.45, 7) is 8.04. The fraction of sp³-hybridized carbons (Fsp3) is 0.333. The summed E-state index contributed by atoms with van der Waals surface area (Å²) >= 11 is 0. The molecule has 3 aliphatic rings. The van der Waals surface area contributed by atoms with Crippen LogP contribution < -0.4 is 4.74 Å². The molecule has 6 rings (SSSR count). The lowest BCUT2D eigenvalue weighted by Crippen LogP contribution is -2.53. The van der Waals surface area contributed by atoms with E-state index in [0.717, 1.165) is 38.3 Å². The summed E-state index contributed by atoms with van der Waals surface area (Å²) in [7, 11) is 1.72. The number of nitrogens with one attached hydrogen (secondary N) is 1. The highest BCUT2D eigenvalue weighted by molar-refractivity contribution is 5.85. The molecule has 0 aliphatic carbocycles. The average molecular weight is 374 g/mol. The van der Waals surface area contributed by atoms with Crippen molar-refractivity contribution in [3.63, 3.8) is 0 Å². The summed E-state index contributed by atoms with van der Waals surface area (Å²) in [5.41, 5.74) is 5.51. The molecule has 28 heavy (non-hydrogen) atoms. The maximum Gasteiger partial charge on any atom is 0.118 e. The monoisotopic (exact) mass is 373 g/mol. The van der Waals surface area contributed by atoms with Gasteiger partial charge in [-0.2, -0.15) is 0 Å². The number of ether oxygens (including phenoxy) is 1. The van der Waals surface area contributed by atoms with Crippen LogP contribution >= 0.6 is 0 Å². The van der Waals surface area contributed by atoms with Gasteiger partial charge in [0.1, 0.15) is 5.75 Å². The van der Waals surface area contributed by atoms with Gasteiger partial charge in [0, 0.05) is 48.8 Å². The number of hydrogen-bond donors (Lipinski definition) is 1. The number of H-pyrrole nitrogens is 1. The quantitative estimate of drug-likeness (QED) is 0.682. The smallest absolute Gasteiger partial charge is 0.118 e. The minimum absolute atomic E-state index is 0.378. The maximum absolute atomic E-state index is 5.31. The molecule has 3 aromatic rings. The molecule has 0 amide bonds. The molecule has 4 heterocycles. The first kappa shape index (κ1) is 17.5. The molecule has 2 atom stereocenters. The van der Waals surface area contributed by atoms with Crippen molar-refractivity contribution in [1.29, 1.82) is 0 Å². The molecule has 1 saturated heterocycles. The van der Waals surface area contributed by atoms with Crippen molar-refractivity contribution in [3.05, 3.63) is 78.0 Å². The highest BCUT2D eigenvalue weighted by Gasteiger charge is 2.40. The molecule has 2 aromatic carbocycles. The van der Waals surface area contributed by atoms with Gasteiger partial charge in [-0.1, -0.05) is 36.4 Å². The first-order valence-electron chi connectivity index (χ1n) is 10.1. The van der Waals surface area contributed by atoms with E-state index in [0.29, 0.717) is 12.1 Å². The summed E-state index contributed by atoms with van der Waals surface area (Å²) in [6.07, 6.45) is 3.14. The van der Waals surface area contributed by atoms with E-state index in [9.17, 15) is 0 Å². The van der Waals surface area contributed by atoms with Crippen molar-refractivity contribution in [3.8, 4) is 5.75 Å². The predicted molar refractivity (Wildman–Crippen MR) is 114 cm³/mol. The van der Waals surface area contributed by atoms with Crippen molar-refractivity contribution in [1.82, 2.24) is 14.8 Å². The van der Waals surface area contributed by atoms with Gasteiger partial charge in [-0.15, -0.1) is 6.58 Å². The second-order valence-electron chi connectivity index (χ2n) is 7.96. The van der Waals surface area contributed by atoms with Crippen molar-refractivity contribution >= 4 is 10.9 Å². The van der Waals surface area contributed by atoms with Crippen LogP contribution in [0.4, 0.5) is 0 Å². The van der Waals surface area contributed by atoms with Crippen LogP contribution in [0.15, 0.2) is 61.2 Å². The van der Waals surface area contributed by atoms with Gasteiger partial charge in [0.2, 0.25) is 0 Å². The predicted octanol–water partition coefficient (Wildman–Crippen LogP) is 4.15. The Labute approximate surface area is 166 Å². The van der Waals surface area contributed by atoms with Gasteiger partial charge in [-0.3, -0.25) is 9.80 Å². The number of aromatic amines is 1. The Morgan fingerprint density at radius 2 is 1.93 bits per heavy atom. The minimum atomic E-state index is 0.378. The Hall–Kier alpha value is -2.56. The van der Waals surface area contributed by atoms with Crippen LogP contribution in [0.5, 0.6) is 5.75 Å². The van der Waals surface area contributed by atoms with E-state index >= 15 is 0 Å². The molecule has 2 bridgehead atoms. The molecule has 1 fully saturated rings. The summed E-state index contributed by atoms with van der Waals surface area (Å²) < 4.78 is 5.31. The Morgan fingerprint density at radius 1 is 1.11 bits per heavy atom. The zero-order chi connectivity index (χ0) is 19.1. The average Bonchev–Trinajstić information content (AvgIpc) is 2.94. The highest BCUT2D eigenvalue weighted by atomic mass is 16.5. The minimum Gasteiger partial charge on any atom is -0.497 e. The number of benzene rings is 2. The molecular weight excluding hydrogens is 346 g/mol. The summed E-state index contributed by atoms with van der Waals surface area (Å²) in [6, 6.07) is 18.1. The van der Waals surface area contributed by atoms with E-state index in [1.807, 2.05) is 6.08 Å². The Balaban J connectivity index is 1.51. The van der Waals surface area contributed by atoms with E-state index in [4.69, 9.17) is 4.74 Å². The number of piperazine rings is 1. The number of fused-ring (bicyclic) bond motifs is 3. The second-order valence-corrected chi connectivity index (χ2v) is 7.96. The van der Waals surface area contributed by atoms with Crippen LogP contribution in [-0.2, 0) is 13.0 Å². The first-order chi connectivity index (χ1) is 13.8. The van der Waals surface area contributed by atoms with Crippen molar-refractivity contribution in [2.75, 3.05) is 26.7 Å². The van der Waals surface area contributed by atoms with Crippen molar-refractivity contribution in [2.45, 2.75) is 25.0 Å². The van der Waals surface area contributed by atoms with Gasteiger partial charge in [-0.25, -0.2) is 0 Å². The van der Waals surface area contributed by atoms with Gasteiger partial charge < -0.3 is 9.72 Å². The third kappa shape index (κ3) is 2.93. The van der Waals surface area contributed by atoms with E-state index in [2.05, 4.69) is 69.9 Å². The van der Waals surface area contributed by atoms with Crippen LogP contribution in [0.3, 0.4) is 0 Å². The molecule has 1 aromatic heterocycles. The maximum atomic E-state index is 5.31.